The normalized spacial score (nSPS) is 18.2. The van der Waals surface area contributed by atoms with Crippen LogP contribution in [0.15, 0.2) is 41.8 Å². The van der Waals surface area contributed by atoms with Gasteiger partial charge in [-0.1, -0.05) is 24.3 Å². The molecular formula is C13H11NOS. The van der Waals surface area contributed by atoms with Crippen molar-refractivity contribution in [2.24, 2.45) is 0 Å². The van der Waals surface area contributed by atoms with E-state index in [4.69, 9.17) is 0 Å². The Balaban J connectivity index is 1.93. The Morgan fingerprint density at radius 3 is 2.88 bits per heavy atom. The first-order valence-electron chi connectivity index (χ1n) is 5.27. The SMILES string of the molecule is O=C1Nc2ccccc2[C@H]1Cc1cccs1. The smallest absolute Gasteiger partial charge is 0.232 e. The number of fused-ring (bicyclic) bond motifs is 1. The van der Waals surface area contributed by atoms with Crippen LogP contribution in [0, 0.1) is 0 Å². The van der Waals surface area contributed by atoms with E-state index in [-0.39, 0.29) is 11.8 Å². The molecule has 0 radical (unpaired) electrons. The van der Waals surface area contributed by atoms with E-state index in [1.165, 1.54) is 4.88 Å². The van der Waals surface area contributed by atoms with Crippen LogP contribution in [0.25, 0.3) is 0 Å². The van der Waals surface area contributed by atoms with Gasteiger partial charge in [0.2, 0.25) is 5.91 Å². The zero-order valence-corrected chi connectivity index (χ0v) is 9.46. The van der Waals surface area contributed by atoms with Crippen LogP contribution in [0.3, 0.4) is 0 Å². The first-order valence-corrected chi connectivity index (χ1v) is 6.15. The summed E-state index contributed by atoms with van der Waals surface area (Å²) in [6.07, 6.45) is 0.806. The summed E-state index contributed by atoms with van der Waals surface area (Å²) in [4.78, 5) is 13.1. The van der Waals surface area contributed by atoms with E-state index in [1.54, 1.807) is 11.3 Å². The molecular weight excluding hydrogens is 218 g/mol. The molecule has 1 amide bonds. The van der Waals surface area contributed by atoms with Gasteiger partial charge >= 0.3 is 0 Å². The molecule has 0 aliphatic carbocycles. The zero-order chi connectivity index (χ0) is 11.0. The number of rotatable bonds is 2. The molecule has 0 fully saturated rings. The molecule has 1 aromatic carbocycles. The lowest BCUT2D eigenvalue weighted by Crippen LogP contribution is -2.13. The maximum Gasteiger partial charge on any atom is 0.232 e. The van der Waals surface area contributed by atoms with Crippen molar-refractivity contribution in [3.05, 3.63) is 52.2 Å². The monoisotopic (exact) mass is 229 g/mol. The molecule has 2 heterocycles. The van der Waals surface area contributed by atoms with Crippen molar-refractivity contribution in [3.8, 4) is 0 Å². The second kappa shape index (κ2) is 3.76. The number of thiophene rings is 1. The van der Waals surface area contributed by atoms with E-state index in [2.05, 4.69) is 11.4 Å². The van der Waals surface area contributed by atoms with E-state index in [1.807, 2.05) is 35.7 Å². The van der Waals surface area contributed by atoms with Gasteiger partial charge < -0.3 is 5.32 Å². The van der Waals surface area contributed by atoms with Crippen molar-refractivity contribution in [2.45, 2.75) is 12.3 Å². The first kappa shape index (κ1) is 9.60. The summed E-state index contributed by atoms with van der Waals surface area (Å²) in [5.74, 6) is 0.101. The molecule has 3 rings (SSSR count). The fourth-order valence-corrected chi connectivity index (χ4v) is 2.86. The Labute approximate surface area is 97.9 Å². The van der Waals surface area contributed by atoms with Crippen molar-refractivity contribution in [1.29, 1.82) is 0 Å². The van der Waals surface area contributed by atoms with Crippen LogP contribution in [0.1, 0.15) is 16.4 Å². The van der Waals surface area contributed by atoms with Crippen molar-refractivity contribution < 1.29 is 4.79 Å². The molecule has 2 nitrogen and oxygen atoms in total. The molecule has 80 valence electrons. The van der Waals surface area contributed by atoms with E-state index in [9.17, 15) is 4.79 Å². The summed E-state index contributed by atoms with van der Waals surface area (Å²) < 4.78 is 0. The van der Waals surface area contributed by atoms with Crippen molar-refractivity contribution >= 4 is 22.9 Å². The predicted octanol–water partition coefficient (Wildman–Crippen LogP) is 3.03. The van der Waals surface area contributed by atoms with Gasteiger partial charge in [0, 0.05) is 10.6 Å². The predicted molar refractivity (Wildman–Crippen MR) is 65.8 cm³/mol. The zero-order valence-electron chi connectivity index (χ0n) is 8.64. The van der Waals surface area contributed by atoms with Crippen LogP contribution in [-0.4, -0.2) is 5.91 Å². The number of para-hydroxylation sites is 1. The molecule has 16 heavy (non-hydrogen) atoms. The number of carbonyl (C=O) groups excluding carboxylic acids is 1. The Bertz CT molecular complexity index is 518. The standard InChI is InChI=1S/C13H11NOS/c15-13-11(8-9-4-3-7-16-9)10-5-1-2-6-12(10)14-13/h1-7,11H,8H2,(H,14,15)/t11-/m1/s1. The van der Waals surface area contributed by atoms with Crippen molar-refractivity contribution in [1.82, 2.24) is 0 Å². The molecule has 1 N–H and O–H groups in total. The van der Waals surface area contributed by atoms with Crippen LogP contribution in [0.2, 0.25) is 0 Å². The Kier molecular flexibility index (Phi) is 2.26. The van der Waals surface area contributed by atoms with E-state index < -0.39 is 0 Å². The number of nitrogens with one attached hydrogen (secondary N) is 1. The van der Waals surface area contributed by atoms with Gasteiger partial charge in [-0.2, -0.15) is 0 Å². The molecule has 1 atom stereocenters. The van der Waals surface area contributed by atoms with E-state index in [0.29, 0.717) is 0 Å². The first-order chi connectivity index (χ1) is 7.84. The molecule has 1 aliphatic rings. The maximum atomic E-state index is 11.9. The minimum atomic E-state index is -0.0187. The molecule has 0 bridgehead atoms. The molecule has 0 spiro atoms. The maximum absolute atomic E-state index is 11.9. The van der Waals surface area contributed by atoms with Crippen LogP contribution in [0.4, 0.5) is 5.69 Å². The van der Waals surface area contributed by atoms with Gasteiger partial charge in [0.25, 0.3) is 0 Å². The van der Waals surface area contributed by atoms with Crippen LogP contribution >= 0.6 is 11.3 Å². The third-order valence-electron chi connectivity index (χ3n) is 2.90. The van der Waals surface area contributed by atoms with Crippen LogP contribution in [0.5, 0.6) is 0 Å². The average molecular weight is 229 g/mol. The summed E-state index contributed by atoms with van der Waals surface area (Å²) >= 11 is 1.71. The molecule has 0 saturated heterocycles. The summed E-state index contributed by atoms with van der Waals surface area (Å²) in [6.45, 7) is 0. The topological polar surface area (TPSA) is 29.1 Å². The lowest BCUT2D eigenvalue weighted by atomic mass is 9.97. The third kappa shape index (κ3) is 1.53. The largest absolute Gasteiger partial charge is 0.325 e. The number of hydrogen-bond acceptors (Lipinski definition) is 2. The number of hydrogen-bond donors (Lipinski definition) is 1. The lowest BCUT2D eigenvalue weighted by Gasteiger charge is -2.06. The van der Waals surface area contributed by atoms with Crippen molar-refractivity contribution in [2.75, 3.05) is 5.32 Å². The lowest BCUT2D eigenvalue weighted by molar-refractivity contribution is -0.117. The minimum absolute atomic E-state index is 0.0187. The van der Waals surface area contributed by atoms with Crippen molar-refractivity contribution in [3.63, 3.8) is 0 Å². The van der Waals surface area contributed by atoms with Gasteiger partial charge in [-0.15, -0.1) is 11.3 Å². The Hall–Kier alpha value is -1.61. The fourth-order valence-electron chi connectivity index (χ4n) is 2.11. The van der Waals surface area contributed by atoms with Gasteiger partial charge in [0.05, 0.1) is 5.92 Å². The number of anilines is 1. The van der Waals surface area contributed by atoms with Gasteiger partial charge in [-0.05, 0) is 29.5 Å². The summed E-state index contributed by atoms with van der Waals surface area (Å²) in [5, 5.41) is 4.98. The highest BCUT2D eigenvalue weighted by Gasteiger charge is 2.30. The summed E-state index contributed by atoms with van der Waals surface area (Å²) in [6, 6.07) is 12.0. The van der Waals surface area contributed by atoms with Gasteiger partial charge in [0.15, 0.2) is 0 Å². The second-order valence-corrected chi connectivity index (χ2v) is 4.94. The van der Waals surface area contributed by atoms with Gasteiger partial charge in [-0.25, -0.2) is 0 Å². The second-order valence-electron chi connectivity index (χ2n) is 3.91. The fraction of sp³-hybridized carbons (Fsp3) is 0.154. The highest BCUT2D eigenvalue weighted by Crippen LogP contribution is 2.35. The molecule has 3 heteroatoms. The van der Waals surface area contributed by atoms with Gasteiger partial charge in [-0.3, -0.25) is 4.79 Å². The number of carbonyl (C=O) groups is 1. The summed E-state index contributed by atoms with van der Waals surface area (Å²) in [5.41, 5.74) is 2.09. The third-order valence-corrected chi connectivity index (χ3v) is 3.79. The van der Waals surface area contributed by atoms with E-state index >= 15 is 0 Å². The Morgan fingerprint density at radius 1 is 1.19 bits per heavy atom. The minimum Gasteiger partial charge on any atom is -0.325 e. The summed E-state index contributed by atoms with van der Waals surface area (Å²) in [7, 11) is 0. The molecule has 1 aromatic heterocycles. The van der Waals surface area contributed by atoms with E-state index in [0.717, 1.165) is 17.7 Å². The van der Waals surface area contributed by atoms with Crippen LogP contribution < -0.4 is 5.32 Å². The number of benzene rings is 1. The Morgan fingerprint density at radius 2 is 2.06 bits per heavy atom. The molecule has 0 unspecified atom stereocenters. The number of amides is 1. The highest BCUT2D eigenvalue weighted by molar-refractivity contribution is 7.09. The van der Waals surface area contributed by atoms with Crippen LogP contribution in [-0.2, 0) is 11.2 Å². The van der Waals surface area contributed by atoms with Gasteiger partial charge in [0.1, 0.15) is 0 Å². The molecule has 1 aliphatic heterocycles. The highest BCUT2D eigenvalue weighted by atomic mass is 32.1. The molecule has 2 aromatic rings. The quantitative estimate of drug-likeness (QED) is 0.842. The average Bonchev–Trinajstić information content (AvgIpc) is 2.89. The molecule has 0 saturated carbocycles.